The second kappa shape index (κ2) is 10.1. The maximum absolute atomic E-state index is 13.2. The van der Waals surface area contributed by atoms with Gasteiger partial charge in [-0.05, 0) is 53.1 Å². The second-order valence-electron chi connectivity index (χ2n) is 9.01. The Labute approximate surface area is 225 Å². The molecule has 7 heteroatoms. The number of amides is 1. The first-order valence-electron chi connectivity index (χ1n) is 11.9. The van der Waals surface area contributed by atoms with Crippen molar-refractivity contribution in [2.45, 2.75) is 6.42 Å². The normalized spacial score (nSPS) is 13.6. The van der Waals surface area contributed by atoms with E-state index < -0.39 is 5.97 Å². The lowest BCUT2D eigenvalue weighted by Gasteiger charge is -2.12. The first-order chi connectivity index (χ1) is 18.3. The molecule has 2 N–H and O–H groups in total. The molecular formula is C31H24ClNO5. The van der Waals surface area contributed by atoms with Gasteiger partial charge in [-0.15, -0.1) is 0 Å². The SMILES string of the molecule is COc1ccc(/C=C2\C(=O)N(C)c3cc(Cl)c(-c4ccc(-c5ccccc5O)cc4)cc32)cc1CC(=O)O. The summed E-state index contributed by atoms with van der Waals surface area (Å²) in [6.07, 6.45) is 1.57. The number of carboxylic acid groups (broad SMARTS) is 1. The van der Waals surface area contributed by atoms with Crippen molar-refractivity contribution in [3.8, 4) is 33.8 Å². The molecule has 6 nitrogen and oxygen atoms in total. The van der Waals surface area contributed by atoms with Crippen LogP contribution in [0.1, 0.15) is 16.7 Å². The minimum absolute atomic E-state index is 0.182. The number of aromatic hydroxyl groups is 1. The van der Waals surface area contributed by atoms with Crippen molar-refractivity contribution in [2.24, 2.45) is 0 Å². The van der Waals surface area contributed by atoms with Crippen molar-refractivity contribution >= 4 is 40.8 Å². The zero-order chi connectivity index (χ0) is 27.0. The number of phenolic OH excluding ortho intramolecular Hbond substituents is 1. The van der Waals surface area contributed by atoms with E-state index in [0.717, 1.165) is 27.8 Å². The van der Waals surface area contributed by atoms with Crippen molar-refractivity contribution in [1.29, 1.82) is 0 Å². The van der Waals surface area contributed by atoms with Gasteiger partial charge in [-0.3, -0.25) is 9.59 Å². The Bertz CT molecular complexity index is 1610. The van der Waals surface area contributed by atoms with Crippen molar-refractivity contribution in [3.05, 3.63) is 101 Å². The van der Waals surface area contributed by atoms with Crippen LogP contribution in [-0.4, -0.2) is 36.2 Å². The summed E-state index contributed by atoms with van der Waals surface area (Å²) in [4.78, 5) is 26.1. The fourth-order valence-corrected chi connectivity index (χ4v) is 4.99. The molecule has 1 amide bonds. The van der Waals surface area contributed by atoms with Crippen LogP contribution in [0.3, 0.4) is 0 Å². The third kappa shape index (κ3) is 4.62. The van der Waals surface area contributed by atoms with Crippen LogP contribution in [0.2, 0.25) is 5.02 Å². The lowest BCUT2D eigenvalue weighted by atomic mass is 9.96. The number of methoxy groups -OCH3 is 1. The molecule has 0 unspecified atom stereocenters. The Morgan fingerprint density at radius 3 is 2.29 bits per heavy atom. The molecule has 0 fully saturated rings. The number of carbonyl (C=O) groups excluding carboxylic acids is 1. The van der Waals surface area contributed by atoms with Crippen LogP contribution in [-0.2, 0) is 16.0 Å². The fraction of sp³-hybridized carbons (Fsp3) is 0.0968. The van der Waals surface area contributed by atoms with E-state index in [1.54, 1.807) is 54.4 Å². The molecule has 1 aliphatic heterocycles. The van der Waals surface area contributed by atoms with Crippen molar-refractivity contribution in [1.82, 2.24) is 0 Å². The summed E-state index contributed by atoms with van der Waals surface area (Å²) in [5.74, 6) is -0.468. The maximum Gasteiger partial charge on any atom is 0.307 e. The van der Waals surface area contributed by atoms with Crippen molar-refractivity contribution in [2.75, 3.05) is 19.1 Å². The summed E-state index contributed by atoms with van der Waals surface area (Å²) < 4.78 is 5.30. The number of ether oxygens (including phenoxy) is 1. The highest BCUT2D eigenvalue weighted by molar-refractivity contribution is 6.38. The van der Waals surface area contributed by atoms with Gasteiger partial charge in [0.1, 0.15) is 11.5 Å². The predicted molar refractivity (Wildman–Crippen MR) is 150 cm³/mol. The molecular weight excluding hydrogens is 502 g/mol. The molecule has 1 heterocycles. The number of hydrogen-bond acceptors (Lipinski definition) is 4. The first kappa shape index (κ1) is 25.1. The Kier molecular flexibility index (Phi) is 6.66. The summed E-state index contributed by atoms with van der Waals surface area (Å²) in [7, 11) is 3.19. The Balaban J connectivity index is 1.56. The molecule has 1 aliphatic rings. The van der Waals surface area contributed by atoms with E-state index in [9.17, 15) is 19.8 Å². The number of para-hydroxylation sites is 1. The number of nitrogens with zero attached hydrogens (tertiary/aromatic N) is 1. The van der Waals surface area contributed by atoms with E-state index in [1.165, 1.54) is 7.11 Å². The van der Waals surface area contributed by atoms with Gasteiger partial charge in [0.2, 0.25) is 0 Å². The van der Waals surface area contributed by atoms with Gasteiger partial charge in [0.05, 0.1) is 24.2 Å². The third-order valence-corrected chi connectivity index (χ3v) is 6.95. The molecule has 5 rings (SSSR count). The number of rotatable bonds is 6. The van der Waals surface area contributed by atoms with Crippen LogP contribution in [0.15, 0.2) is 78.9 Å². The van der Waals surface area contributed by atoms with Crippen molar-refractivity contribution < 1.29 is 24.5 Å². The smallest absolute Gasteiger partial charge is 0.307 e. The molecule has 0 atom stereocenters. The van der Waals surface area contributed by atoms with Gasteiger partial charge in [0.15, 0.2) is 0 Å². The number of anilines is 1. The van der Waals surface area contributed by atoms with Crippen LogP contribution in [0.5, 0.6) is 11.5 Å². The van der Waals surface area contributed by atoms with E-state index in [-0.39, 0.29) is 18.1 Å². The fourth-order valence-electron chi connectivity index (χ4n) is 4.73. The van der Waals surface area contributed by atoms with Crippen molar-refractivity contribution in [3.63, 3.8) is 0 Å². The summed E-state index contributed by atoms with van der Waals surface area (Å²) in [6.45, 7) is 0. The van der Waals surface area contributed by atoms with Gasteiger partial charge in [-0.2, -0.15) is 0 Å². The minimum Gasteiger partial charge on any atom is -0.507 e. The lowest BCUT2D eigenvalue weighted by molar-refractivity contribution is -0.136. The van der Waals surface area contributed by atoms with Gasteiger partial charge in [-0.25, -0.2) is 0 Å². The summed E-state index contributed by atoms with van der Waals surface area (Å²) in [5.41, 5.74) is 6.37. The van der Waals surface area contributed by atoms with E-state index >= 15 is 0 Å². The standard InChI is InChI=1S/C31H24ClNO5/c1-33-27-17-26(32)23(20-10-8-19(9-11-20)22-5-3-4-6-28(22)34)16-24(27)25(31(33)37)14-18-7-12-29(38-2)21(13-18)15-30(35)36/h3-14,16-17,34H,15H2,1-2H3,(H,35,36)/b25-14-. The number of aliphatic carboxylic acids is 1. The largest absolute Gasteiger partial charge is 0.507 e. The van der Waals surface area contributed by atoms with E-state index in [1.807, 2.05) is 42.5 Å². The number of fused-ring (bicyclic) bond motifs is 1. The zero-order valence-electron chi connectivity index (χ0n) is 20.7. The number of phenols is 1. The van der Waals surface area contributed by atoms with Crippen LogP contribution >= 0.6 is 11.6 Å². The topological polar surface area (TPSA) is 87.1 Å². The quantitative estimate of drug-likeness (QED) is 0.279. The molecule has 0 spiro atoms. The average molecular weight is 526 g/mol. The molecule has 0 radical (unpaired) electrons. The van der Waals surface area contributed by atoms with Gasteiger partial charge >= 0.3 is 5.97 Å². The minimum atomic E-state index is -0.970. The van der Waals surface area contributed by atoms with Crippen LogP contribution in [0, 0.1) is 0 Å². The number of halogens is 1. The van der Waals surface area contributed by atoms with Gasteiger partial charge in [-0.1, -0.05) is 60.1 Å². The first-order valence-corrected chi connectivity index (χ1v) is 12.3. The molecule has 4 aromatic carbocycles. The molecule has 0 bridgehead atoms. The van der Waals surface area contributed by atoms with Crippen LogP contribution in [0.25, 0.3) is 33.9 Å². The average Bonchev–Trinajstić information content (AvgIpc) is 3.12. The van der Waals surface area contributed by atoms with E-state index in [2.05, 4.69) is 0 Å². The third-order valence-electron chi connectivity index (χ3n) is 6.64. The lowest BCUT2D eigenvalue weighted by Crippen LogP contribution is -2.20. The molecule has 0 saturated heterocycles. The van der Waals surface area contributed by atoms with E-state index in [4.69, 9.17) is 16.3 Å². The molecule has 0 saturated carbocycles. The second-order valence-corrected chi connectivity index (χ2v) is 9.41. The molecule has 0 aromatic heterocycles. The molecule has 0 aliphatic carbocycles. The summed E-state index contributed by atoms with van der Waals surface area (Å²) in [6, 6.07) is 23.8. The number of carbonyl (C=O) groups is 2. The highest BCUT2D eigenvalue weighted by Crippen LogP contribution is 2.43. The number of benzene rings is 4. The highest BCUT2D eigenvalue weighted by atomic mass is 35.5. The van der Waals surface area contributed by atoms with Gasteiger partial charge < -0.3 is 19.8 Å². The van der Waals surface area contributed by atoms with E-state index in [0.29, 0.717) is 33.2 Å². The number of carboxylic acids is 1. The Morgan fingerprint density at radius 1 is 0.947 bits per heavy atom. The number of likely N-dealkylation sites (N-methyl/N-ethyl adjacent to an activating group) is 1. The van der Waals surface area contributed by atoms with Gasteiger partial charge in [0.25, 0.3) is 5.91 Å². The van der Waals surface area contributed by atoms with Crippen LogP contribution in [0.4, 0.5) is 5.69 Å². The van der Waals surface area contributed by atoms with Gasteiger partial charge in [0, 0.05) is 34.9 Å². The molecule has 38 heavy (non-hydrogen) atoms. The number of hydrogen-bond donors (Lipinski definition) is 2. The highest BCUT2D eigenvalue weighted by Gasteiger charge is 2.31. The predicted octanol–water partition coefficient (Wildman–Crippen LogP) is 6.53. The summed E-state index contributed by atoms with van der Waals surface area (Å²) >= 11 is 6.68. The summed E-state index contributed by atoms with van der Waals surface area (Å²) in [5, 5.41) is 20.0. The Hall–Kier alpha value is -4.55. The Morgan fingerprint density at radius 2 is 1.63 bits per heavy atom. The van der Waals surface area contributed by atoms with Crippen LogP contribution < -0.4 is 9.64 Å². The zero-order valence-corrected chi connectivity index (χ0v) is 21.5. The molecule has 190 valence electrons. The monoisotopic (exact) mass is 525 g/mol. The maximum atomic E-state index is 13.2. The molecule has 4 aromatic rings.